The highest BCUT2D eigenvalue weighted by molar-refractivity contribution is 7.10. The quantitative estimate of drug-likeness (QED) is 0.505. The molecular formula is C26H28N2O4S. The van der Waals surface area contributed by atoms with E-state index in [0.717, 1.165) is 12.0 Å². The number of thiophene rings is 1. The number of hydrogen-bond donors (Lipinski definition) is 0. The number of ether oxygens (including phenoxy) is 2. The lowest BCUT2D eigenvalue weighted by Gasteiger charge is -2.37. The Morgan fingerprint density at radius 2 is 1.82 bits per heavy atom. The lowest BCUT2D eigenvalue weighted by Crippen LogP contribution is -2.47. The van der Waals surface area contributed by atoms with E-state index in [2.05, 4.69) is 23.6 Å². The van der Waals surface area contributed by atoms with E-state index in [9.17, 15) is 9.59 Å². The highest BCUT2D eigenvalue weighted by atomic mass is 32.1. The topological polar surface area (TPSA) is 59.1 Å². The first-order chi connectivity index (χ1) is 16.1. The van der Waals surface area contributed by atoms with Gasteiger partial charge >= 0.3 is 0 Å². The van der Waals surface area contributed by atoms with Gasteiger partial charge in [-0.05, 0) is 41.1 Å². The van der Waals surface area contributed by atoms with Crippen LogP contribution in [0.1, 0.15) is 32.4 Å². The van der Waals surface area contributed by atoms with E-state index in [0.29, 0.717) is 31.0 Å². The van der Waals surface area contributed by atoms with Crippen LogP contribution in [0.4, 0.5) is 0 Å². The van der Waals surface area contributed by atoms with Crippen molar-refractivity contribution < 1.29 is 19.1 Å². The van der Waals surface area contributed by atoms with E-state index in [1.54, 1.807) is 41.5 Å². The second-order valence-corrected chi connectivity index (χ2v) is 8.87. The molecule has 0 spiro atoms. The molecule has 7 heteroatoms. The average Bonchev–Trinajstić information content (AvgIpc) is 3.34. The minimum absolute atomic E-state index is 0.0248. The van der Waals surface area contributed by atoms with Gasteiger partial charge in [-0.1, -0.05) is 42.5 Å². The molecule has 1 atom stereocenters. The summed E-state index contributed by atoms with van der Waals surface area (Å²) in [6, 6.07) is 19.1. The summed E-state index contributed by atoms with van der Waals surface area (Å²) in [7, 11) is 3.12. The standard InChI is InChI=1S/C26H28N2O4S/c1-31-16-15-27(26(30)20-10-6-7-11-22(20)32-2)18-24(29)28-14-12-23-21(13-17-33-23)25(28)19-8-4-3-5-9-19/h3-11,13,17,25H,12,14-16,18H2,1-2H3. The van der Waals surface area contributed by atoms with Crippen LogP contribution >= 0.6 is 11.3 Å². The summed E-state index contributed by atoms with van der Waals surface area (Å²) in [4.78, 5) is 31.8. The van der Waals surface area contributed by atoms with Gasteiger partial charge in [-0.3, -0.25) is 9.59 Å². The second-order valence-electron chi connectivity index (χ2n) is 7.87. The van der Waals surface area contributed by atoms with Crippen molar-refractivity contribution in [1.29, 1.82) is 0 Å². The fourth-order valence-electron chi connectivity index (χ4n) is 4.28. The molecule has 1 aromatic heterocycles. The number of hydrogen-bond acceptors (Lipinski definition) is 5. The van der Waals surface area contributed by atoms with Crippen molar-refractivity contribution in [2.45, 2.75) is 12.5 Å². The molecule has 0 bridgehead atoms. The Morgan fingerprint density at radius 1 is 1.06 bits per heavy atom. The molecule has 1 aliphatic rings. The number of para-hydroxylation sites is 1. The molecule has 3 aromatic rings. The molecule has 1 aliphatic heterocycles. The summed E-state index contributed by atoms with van der Waals surface area (Å²) in [5.41, 5.74) is 2.68. The van der Waals surface area contributed by atoms with Gasteiger partial charge in [-0.2, -0.15) is 0 Å². The van der Waals surface area contributed by atoms with Crippen LogP contribution in [0.2, 0.25) is 0 Å². The monoisotopic (exact) mass is 464 g/mol. The maximum atomic E-state index is 13.6. The van der Waals surface area contributed by atoms with Gasteiger partial charge < -0.3 is 19.3 Å². The Morgan fingerprint density at radius 3 is 2.58 bits per heavy atom. The normalized spacial score (nSPS) is 15.1. The van der Waals surface area contributed by atoms with Crippen LogP contribution in [0.5, 0.6) is 5.75 Å². The molecule has 2 heterocycles. The van der Waals surface area contributed by atoms with Crippen LogP contribution in [-0.2, 0) is 16.0 Å². The third-order valence-electron chi connectivity index (χ3n) is 5.92. The Bertz CT molecular complexity index is 1100. The van der Waals surface area contributed by atoms with Gasteiger partial charge in [0.1, 0.15) is 12.3 Å². The molecule has 33 heavy (non-hydrogen) atoms. The lowest BCUT2D eigenvalue weighted by molar-refractivity contribution is -0.134. The summed E-state index contributed by atoms with van der Waals surface area (Å²) >= 11 is 1.74. The first-order valence-electron chi connectivity index (χ1n) is 11.0. The number of rotatable bonds is 8. The minimum atomic E-state index is -0.248. The van der Waals surface area contributed by atoms with Crippen molar-refractivity contribution in [2.24, 2.45) is 0 Å². The SMILES string of the molecule is COCCN(CC(=O)N1CCc2sccc2C1c1ccccc1)C(=O)c1ccccc1OC. The molecular weight excluding hydrogens is 436 g/mol. The fraction of sp³-hybridized carbons (Fsp3) is 0.308. The van der Waals surface area contributed by atoms with E-state index in [1.165, 1.54) is 17.6 Å². The number of methoxy groups -OCH3 is 2. The van der Waals surface area contributed by atoms with E-state index < -0.39 is 0 Å². The second kappa shape index (κ2) is 10.6. The molecule has 0 radical (unpaired) electrons. The molecule has 1 unspecified atom stereocenters. The van der Waals surface area contributed by atoms with Crippen molar-refractivity contribution in [2.75, 3.05) is 40.5 Å². The van der Waals surface area contributed by atoms with E-state index >= 15 is 0 Å². The van der Waals surface area contributed by atoms with Crippen molar-refractivity contribution in [1.82, 2.24) is 9.80 Å². The van der Waals surface area contributed by atoms with Gasteiger partial charge in [-0.15, -0.1) is 11.3 Å². The Balaban J connectivity index is 1.61. The summed E-state index contributed by atoms with van der Waals surface area (Å²) < 4.78 is 10.6. The molecule has 2 aromatic carbocycles. The van der Waals surface area contributed by atoms with Crippen molar-refractivity contribution >= 4 is 23.2 Å². The molecule has 0 saturated heterocycles. The number of fused-ring (bicyclic) bond motifs is 1. The maximum absolute atomic E-state index is 13.6. The summed E-state index contributed by atoms with van der Waals surface area (Å²) in [5.74, 6) is 0.155. The van der Waals surface area contributed by atoms with Gasteiger partial charge in [-0.25, -0.2) is 0 Å². The molecule has 0 fully saturated rings. The van der Waals surface area contributed by atoms with Gasteiger partial charge in [0.15, 0.2) is 0 Å². The van der Waals surface area contributed by atoms with Crippen LogP contribution in [0.25, 0.3) is 0 Å². The van der Waals surface area contributed by atoms with Crippen LogP contribution in [0.3, 0.4) is 0 Å². The van der Waals surface area contributed by atoms with Gasteiger partial charge in [0.2, 0.25) is 5.91 Å². The predicted octanol–water partition coefficient (Wildman–Crippen LogP) is 4.02. The Hall–Kier alpha value is -3.16. The van der Waals surface area contributed by atoms with Crippen molar-refractivity contribution in [3.05, 3.63) is 87.6 Å². The third kappa shape index (κ3) is 4.94. The largest absolute Gasteiger partial charge is 0.496 e. The first-order valence-corrected chi connectivity index (χ1v) is 11.8. The summed E-state index contributed by atoms with van der Waals surface area (Å²) in [5, 5.41) is 2.09. The number of nitrogens with zero attached hydrogens (tertiary/aromatic N) is 2. The van der Waals surface area contributed by atoms with Gasteiger partial charge in [0.05, 0.1) is 25.3 Å². The van der Waals surface area contributed by atoms with Gasteiger partial charge in [0.25, 0.3) is 5.91 Å². The van der Waals surface area contributed by atoms with E-state index in [4.69, 9.17) is 9.47 Å². The zero-order valence-corrected chi connectivity index (χ0v) is 19.7. The zero-order chi connectivity index (χ0) is 23.2. The van der Waals surface area contributed by atoms with Gasteiger partial charge in [0, 0.05) is 25.1 Å². The number of carbonyl (C=O) groups excluding carboxylic acids is 2. The van der Waals surface area contributed by atoms with Crippen LogP contribution in [-0.4, -0.2) is 62.1 Å². The fourth-order valence-corrected chi connectivity index (χ4v) is 5.18. The summed E-state index contributed by atoms with van der Waals surface area (Å²) in [6.45, 7) is 1.24. The first kappa shape index (κ1) is 23.0. The summed E-state index contributed by atoms with van der Waals surface area (Å²) in [6.07, 6.45) is 0.820. The third-order valence-corrected chi connectivity index (χ3v) is 6.91. The minimum Gasteiger partial charge on any atom is -0.496 e. The molecule has 0 aliphatic carbocycles. The molecule has 2 amide bonds. The zero-order valence-electron chi connectivity index (χ0n) is 18.9. The van der Waals surface area contributed by atoms with E-state index in [1.807, 2.05) is 29.2 Å². The predicted molar refractivity (Wildman–Crippen MR) is 129 cm³/mol. The van der Waals surface area contributed by atoms with Crippen molar-refractivity contribution in [3.63, 3.8) is 0 Å². The van der Waals surface area contributed by atoms with Crippen LogP contribution < -0.4 is 4.74 Å². The highest BCUT2D eigenvalue weighted by Gasteiger charge is 2.34. The number of benzene rings is 2. The number of amides is 2. The van der Waals surface area contributed by atoms with E-state index in [-0.39, 0.29) is 24.4 Å². The lowest BCUT2D eigenvalue weighted by atomic mass is 9.93. The average molecular weight is 465 g/mol. The van der Waals surface area contributed by atoms with Crippen molar-refractivity contribution in [3.8, 4) is 5.75 Å². The highest BCUT2D eigenvalue weighted by Crippen LogP contribution is 2.37. The molecule has 6 nitrogen and oxygen atoms in total. The molecule has 0 saturated carbocycles. The molecule has 0 N–H and O–H groups in total. The van der Waals surface area contributed by atoms with Crippen LogP contribution in [0.15, 0.2) is 66.0 Å². The smallest absolute Gasteiger partial charge is 0.258 e. The number of carbonyl (C=O) groups is 2. The maximum Gasteiger partial charge on any atom is 0.258 e. The Labute approximate surface area is 198 Å². The molecule has 4 rings (SSSR count). The van der Waals surface area contributed by atoms with Crippen LogP contribution in [0, 0.1) is 0 Å². The Kier molecular flexibility index (Phi) is 7.42. The molecule has 172 valence electrons.